The molecule has 11 heteroatoms. The van der Waals surface area contributed by atoms with Crippen molar-refractivity contribution in [1.29, 1.82) is 0 Å². The maximum Gasteiger partial charge on any atom is 0.330 e. The van der Waals surface area contributed by atoms with Gasteiger partial charge in [0.25, 0.3) is 5.56 Å². The Hall–Kier alpha value is -3.76. The molecule has 2 aromatic rings. The second-order valence-electron chi connectivity index (χ2n) is 6.83. The number of aromatic hydroxyl groups is 1. The Morgan fingerprint density at radius 3 is 2.32 bits per heavy atom. The van der Waals surface area contributed by atoms with Crippen molar-refractivity contribution in [3.05, 3.63) is 44.1 Å². The highest BCUT2D eigenvalue weighted by Crippen LogP contribution is 2.43. The molecule has 2 N–H and O–H groups in total. The predicted octanol–water partition coefficient (Wildman–Crippen LogP) is 0.893. The predicted molar refractivity (Wildman–Crippen MR) is 111 cm³/mol. The van der Waals surface area contributed by atoms with Crippen LogP contribution in [0.2, 0.25) is 0 Å². The molecule has 1 aliphatic rings. The van der Waals surface area contributed by atoms with E-state index in [2.05, 4.69) is 10.1 Å². The monoisotopic (exact) mass is 432 g/mol. The molecule has 0 spiro atoms. The Balaban J connectivity index is 2.15. The number of amides is 1. The van der Waals surface area contributed by atoms with E-state index < -0.39 is 23.2 Å². The maximum atomic E-state index is 12.6. The molecule has 1 amide bonds. The first-order valence-electron chi connectivity index (χ1n) is 9.49. The maximum absolute atomic E-state index is 12.6. The number of benzene rings is 1. The summed E-state index contributed by atoms with van der Waals surface area (Å²) in [5, 5.41) is 16.0. The van der Waals surface area contributed by atoms with Crippen LogP contribution in [0.3, 0.4) is 0 Å². The van der Waals surface area contributed by atoms with Gasteiger partial charge < -0.3 is 19.3 Å². The number of hydrogen-bond donors (Lipinski definition) is 2. The zero-order valence-electron chi connectivity index (χ0n) is 17.9. The largest absolute Gasteiger partial charge is 0.494 e. The van der Waals surface area contributed by atoms with Crippen molar-refractivity contribution < 1.29 is 24.1 Å². The summed E-state index contributed by atoms with van der Waals surface area (Å²) in [4.78, 5) is 38.9. The van der Waals surface area contributed by atoms with Crippen LogP contribution in [0.1, 0.15) is 36.9 Å². The van der Waals surface area contributed by atoms with Gasteiger partial charge in [-0.25, -0.2) is 9.80 Å². The molecule has 0 fully saturated rings. The van der Waals surface area contributed by atoms with E-state index in [1.165, 1.54) is 33.4 Å². The summed E-state index contributed by atoms with van der Waals surface area (Å²) in [6, 6.07) is 2.81. The zero-order valence-corrected chi connectivity index (χ0v) is 17.9. The van der Waals surface area contributed by atoms with Crippen molar-refractivity contribution in [3.8, 4) is 23.1 Å². The van der Waals surface area contributed by atoms with Crippen LogP contribution >= 0.6 is 0 Å². The first-order valence-corrected chi connectivity index (χ1v) is 9.49. The second-order valence-corrected chi connectivity index (χ2v) is 6.83. The molecular weight excluding hydrogens is 408 g/mol. The molecule has 31 heavy (non-hydrogen) atoms. The van der Waals surface area contributed by atoms with Crippen molar-refractivity contribution in [2.45, 2.75) is 25.8 Å². The summed E-state index contributed by atoms with van der Waals surface area (Å²) in [5.41, 5.74) is -0.891. The number of nitrogens with one attached hydrogen (secondary N) is 1. The minimum atomic E-state index is -0.784. The fourth-order valence-electron chi connectivity index (χ4n) is 3.48. The van der Waals surface area contributed by atoms with Gasteiger partial charge in [-0.2, -0.15) is 5.10 Å². The average molecular weight is 432 g/mol. The molecule has 0 bridgehead atoms. The average Bonchev–Trinajstić information content (AvgIpc) is 3.20. The van der Waals surface area contributed by atoms with Crippen LogP contribution in [0.4, 0.5) is 0 Å². The SMILES string of the molecule is CCC(=O)N1N=C(c2c(O)n(C)c(=O)[nH]c2=O)C[C@H]1c1cc(OC)c(OC)c(OC)c1. The van der Waals surface area contributed by atoms with Gasteiger partial charge in [0.1, 0.15) is 5.56 Å². The summed E-state index contributed by atoms with van der Waals surface area (Å²) in [5.74, 6) is 0.388. The quantitative estimate of drug-likeness (QED) is 0.692. The molecule has 11 nitrogen and oxygen atoms in total. The first-order chi connectivity index (χ1) is 14.8. The van der Waals surface area contributed by atoms with Gasteiger partial charge in [-0.3, -0.25) is 19.1 Å². The lowest BCUT2D eigenvalue weighted by Gasteiger charge is -2.23. The standard InChI is InChI=1S/C20H24N4O7/c1-6-15(25)24-12(10-7-13(29-3)17(31-5)14(8-10)30-4)9-11(22-24)16-18(26)21-20(28)23(2)19(16)27/h7-8,12,27H,6,9H2,1-5H3,(H,21,26,28)/t12-/m0/s1. The minimum Gasteiger partial charge on any atom is -0.494 e. The van der Waals surface area contributed by atoms with Gasteiger partial charge in [0.05, 0.1) is 33.1 Å². The number of hydrogen-bond acceptors (Lipinski definition) is 8. The zero-order chi connectivity index (χ0) is 22.9. The number of aromatic amines is 1. The Kier molecular flexibility index (Phi) is 6.04. The summed E-state index contributed by atoms with van der Waals surface area (Å²) < 4.78 is 17.0. The summed E-state index contributed by atoms with van der Waals surface area (Å²) in [7, 11) is 5.76. The molecule has 1 aliphatic heterocycles. The molecule has 0 saturated carbocycles. The Morgan fingerprint density at radius 2 is 1.81 bits per heavy atom. The third kappa shape index (κ3) is 3.74. The molecule has 0 unspecified atom stereocenters. The van der Waals surface area contributed by atoms with E-state index in [9.17, 15) is 19.5 Å². The third-order valence-electron chi connectivity index (χ3n) is 5.12. The van der Waals surface area contributed by atoms with E-state index in [1.807, 2.05) is 0 Å². The van der Waals surface area contributed by atoms with Crippen LogP contribution in [0, 0.1) is 0 Å². The van der Waals surface area contributed by atoms with Crippen LogP contribution in [0.5, 0.6) is 23.1 Å². The van der Waals surface area contributed by atoms with Crippen LogP contribution in [0.15, 0.2) is 26.8 Å². The second kappa shape index (κ2) is 8.54. The lowest BCUT2D eigenvalue weighted by molar-refractivity contribution is -0.132. The Labute approximate surface area is 177 Å². The van der Waals surface area contributed by atoms with Crippen molar-refractivity contribution in [1.82, 2.24) is 14.6 Å². The fraction of sp³-hybridized carbons (Fsp3) is 0.400. The van der Waals surface area contributed by atoms with Crippen LogP contribution in [0.25, 0.3) is 0 Å². The molecule has 2 heterocycles. The molecule has 0 radical (unpaired) electrons. The highest BCUT2D eigenvalue weighted by Gasteiger charge is 2.36. The van der Waals surface area contributed by atoms with E-state index in [-0.39, 0.29) is 30.0 Å². The van der Waals surface area contributed by atoms with Gasteiger partial charge in [-0.05, 0) is 17.7 Å². The van der Waals surface area contributed by atoms with E-state index in [1.54, 1.807) is 19.1 Å². The number of carbonyl (C=O) groups is 1. The number of rotatable bonds is 6. The summed E-state index contributed by atoms with van der Waals surface area (Å²) in [6.45, 7) is 1.69. The smallest absolute Gasteiger partial charge is 0.330 e. The molecule has 0 aliphatic carbocycles. The first kappa shape index (κ1) is 21.9. The highest BCUT2D eigenvalue weighted by molar-refractivity contribution is 6.04. The normalized spacial score (nSPS) is 15.6. The number of H-pyrrole nitrogens is 1. The summed E-state index contributed by atoms with van der Waals surface area (Å²) in [6.07, 6.45) is 0.298. The van der Waals surface area contributed by atoms with Crippen LogP contribution in [-0.2, 0) is 11.8 Å². The summed E-state index contributed by atoms with van der Waals surface area (Å²) >= 11 is 0. The lowest BCUT2D eigenvalue weighted by Crippen LogP contribution is -2.32. The molecule has 1 aromatic carbocycles. The Bertz CT molecular complexity index is 1140. The van der Waals surface area contributed by atoms with Crippen molar-refractivity contribution >= 4 is 11.6 Å². The van der Waals surface area contributed by atoms with Gasteiger partial charge >= 0.3 is 5.69 Å². The van der Waals surface area contributed by atoms with E-state index in [4.69, 9.17) is 14.2 Å². The number of carbonyl (C=O) groups excluding carboxylic acids is 1. The minimum absolute atomic E-state index is 0.124. The van der Waals surface area contributed by atoms with Crippen LogP contribution < -0.4 is 25.5 Å². The highest BCUT2D eigenvalue weighted by atomic mass is 16.5. The topological polar surface area (TPSA) is 135 Å². The number of ether oxygens (including phenoxy) is 3. The van der Waals surface area contributed by atoms with Gasteiger partial charge in [0.2, 0.25) is 17.5 Å². The van der Waals surface area contributed by atoms with E-state index in [0.29, 0.717) is 22.8 Å². The third-order valence-corrected chi connectivity index (χ3v) is 5.12. The number of nitrogens with zero attached hydrogens (tertiary/aromatic N) is 3. The van der Waals surface area contributed by atoms with Gasteiger partial charge in [-0.15, -0.1) is 0 Å². The molecule has 1 aromatic heterocycles. The van der Waals surface area contributed by atoms with Crippen LogP contribution in [-0.4, -0.2) is 52.6 Å². The molecule has 166 valence electrons. The lowest BCUT2D eigenvalue weighted by atomic mass is 9.98. The Morgan fingerprint density at radius 1 is 1.19 bits per heavy atom. The number of methoxy groups -OCH3 is 3. The molecular formula is C20H24N4O7. The van der Waals surface area contributed by atoms with Crippen molar-refractivity contribution in [3.63, 3.8) is 0 Å². The molecule has 1 atom stereocenters. The number of aromatic nitrogens is 2. The van der Waals surface area contributed by atoms with E-state index in [0.717, 1.165) is 4.57 Å². The van der Waals surface area contributed by atoms with Gasteiger partial charge in [0, 0.05) is 19.9 Å². The van der Waals surface area contributed by atoms with Gasteiger partial charge in [-0.1, -0.05) is 6.92 Å². The van der Waals surface area contributed by atoms with Gasteiger partial charge in [0.15, 0.2) is 11.5 Å². The molecule has 0 saturated heterocycles. The fourth-order valence-corrected chi connectivity index (χ4v) is 3.48. The van der Waals surface area contributed by atoms with E-state index >= 15 is 0 Å². The van der Waals surface area contributed by atoms with Crippen molar-refractivity contribution in [2.24, 2.45) is 12.1 Å². The van der Waals surface area contributed by atoms with Crippen molar-refractivity contribution in [2.75, 3.05) is 21.3 Å². The molecule has 3 rings (SSSR count). The number of hydrazone groups is 1.